The molecule has 106 valence electrons. The first-order chi connectivity index (χ1) is 9.08. The molecule has 0 aliphatic rings. The van der Waals surface area contributed by atoms with Crippen molar-refractivity contribution in [2.24, 2.45) is 0 Å². The van der Waals surface area contributed by atoms with Crippen molar-refractivity contribution in [3.63, 3.8) is 0 Å². The lowest BCUT2D eigenvalue weighted by Gasteiger charge is -2.10. The highest BCUT2D eigenvalue weighted by atomic mass is 16.5. The van der Waals surface area contributed by atoms with Gasteiger partial charge in [0.1, 0.15) is 12.4 Å². The van der Waals surface area contributed by atoms with Crippen LogP contribution in [0.15, 0.2) is 30.3 Å². The van der Waals surface area contributed by atoms with E-state index in [4.69, 9.17) is 4.74 Å². The van der Waals surface area contributed by atoms with Crippen LogP contribution in [0.3, 0.4) is 0 Å². The summed E-state index contributed by atoms with van der Waals surface area (Å²) in [5.74, 6) is 0.930. The Morgan fingerprint density at radius 2 is 1.89 bits per heavy atom. The fourth-order valence-corrected chi connectivity index (χ4v) is 1.52. The lowest BCUT2D eigenvalue weighted by atomic mass is 10.2. The smallest absolute Gasteiger partial charge is 0.119 e. The van der Waals surface area contributed by atoms with Gasteiger partial charge in [0, 0.05) is 19.1 Å². The van der Waals surface area contributed by atoms with Crippen molar-refractivity contribution in [2.75, 3.05) is 33.8 Å². The van der Waals surface area contributed by atoms with Gasteiger partial charge in [0.2, 0.25) is 0 Å². The van der Waals surface area contributed by atoms with Crippen LogP contribution in [-0.4, -0.2) is 44.7 Å². The number of nitrogens with one attached hydrogen (secondary N) is 1. The summed E-state index contributed by atoms with van der Waals surface area (Å²) in [6.45, 7) is 6.85. The van der Waals surface area contributed by atoms with E-state index >= 15 is 0 Å². The molecule has 0 unspecified atom stereocenters. The third kappa shape index (κ3) is 7.65. The third-order valence-electron chi connectivity index (χ3n) is 2.64. The molecule has 0 aliphatic heterocycles. The van der Waals surface area contributed by atoms with E-state index in [1.807, 2.05) is 26.2 Å². The molecule has 0 atom stereocenters. The molecule has 0 radical (unpaired) electrons. The molecule has 1 aromatic carbocycles. The van der Waals surface area contributed by atoms with E-state index in [9.17, 15) is 0 Å². The number of benzene rings is 1. The molecule has 0 saturated heterocycles. The van der Waals surface area contributed by atoms with Crippen LogP contribution in [-0.2, 0) is 0 Å². The summed E-state index contributed by atoms with van der Waals surface area (Å²) < 4.78 is 5.65. The lowest BCUT2D eigenvalue weighted by Crippen LogP contribution is -2.22. The summed E-state index contributed by atoms with van der Waals surface area (Å²) in [5.41, 5.74) is 1.20. The highest BCUT2D eigenvalue weighted by Gasteiger charge is 1.95. The average molecular weight is 262 g/mol. The summed E-state index contributed by atoms with van der Waals surface area (Å²) in [6.07, 6.45) is 4.26. The first-order valence-electron chi connectivity index (χ1n) is 6.85. The van der Waals surface area contributed by atoms with Crippen LogP contribution in [0.5, 0.6) is 5.75 Å². The zero-order valence-corrected chi connectivity index (χ0v) is 12.5. The Labute approximate surface area is 117 Å². The van der Waals surface area contributed by atoms with E-state index in [2.05, 4.69) is 48.3 Å². The maximum absolute atomic E-state index is 5.65. The molecule has 0 bridgehead atoms. The number of nitrogens with zero attached hydrogens (tertiary/aromatic N) is 1. The van der Waals surface area contributed by atoms with Gasteiger partial charge in [0.05, 0.1) is 0 Å². The van der Waals surface area contributed by atoms with Crippen molar-refractivity contribution in [2.45, 2.75) is 19.9 Å². The van der Waals surface area contributed by atoms with Gasteiger partial charge in [-0.2, -0.15) is 0 Å². The van der Waals surface area contributed by atoms with Gasteiger partial charge in [-0.3, -0.25) is 0 Å². The molecule has 1 aromatic rings. The molecule has 0 amide bonds. The predicted octanol–water partition coefficient (Wildman–Crippen LogP) is 2.64. The van der Waals surface area contributed by atoms with Crippen LogP contribution in [0.2, 0.25) is 0 Å². The van der Waals surface area contributed by atoms with Crippen molar-refractivity contribution >= 4 is 6.08 Å². The molecule has 0 heterocycles. The van der Waals surface area contributed by atoms with Gasteiger partial charge in [0.25, 0.3) is 0 Å². The van der Waals surface area contributed by atoms with Gasteiger partial charge in [-0.25, -0.2) is 0 Å². The van der Waals surface area contributed by atoms with Crippen LogP contribution >= 0.6 is 0 Å². The number of hydrogen-bond donors (Lipinski definition) is 1. The fraction of sp³-hybridized carbons (Fsp3) is 0.500. The highest BCUT2D eigenvalue weighted by Crippen LogP contribution is 2.13. The van der Waals surface area contributed by atoms with Crippen LogP contribution in [0.4, 0.5) is 0 Å². The molecule has 0 spiro atoms. The SMILES string of the molecule is CC(C)NCC=Cc1ccc(OCCN(C)C)cc1. The summed E-state index contributed by atoms with van der Waals surface area (Å²) in [5, 5.41) is 3.35. The van der Waals surface area contributed by atoms with Crippen molar-refractivity contribution < 1.29 is 4.74 Å². The molecule has 3 nitrogen and oxygen atoms in total. The maximum atomic E-state index is 5.65. The Kier molecular flexibility index (Phi) is 7.23. The van der Waals surface area contributed by atoms with Gasteiger partial charge in [-0.05, 0) is 31.8 Å². The summed E-state index contributed by atoms with van der Waals surface area (Å²) >= 11 is 0. The molecule has 0 aromatic heterocycles. The molecule has 0 fully saturated rings. The maximum Gasteiger partial charge on any atom is 0.119 e. The second-order valence-electron chi connectivity index (χ2n) is 5.19. The summed E-state index contributed by atoms with van der Waals surface area (Å²) in [7, 11) is 4.09. The second-order valence-corrected chi connectivity index (χ2v) is 5.19. The number of ether oxygens (including phenoxy) is 1. The van der Waals surface area contributed by atoms with Gasteiger partial charge >= 0.3 is 0 Å². The van der Waals surface area contributed by atoms with Crippen molar-refractivity contribution in [3.05, 3.63) is 35.9 Å². The van der Waals surface area contributed by atoms with Crippen LogP contribution in [0, 0.1) is 0 Å². The molecular formula is C16H26N2O. The second kappa shape index (κ2) is 8.73. The Balaban J connectivity index is 2.34. The number of likely N-dealkylation sites (N-methyl/N-ethyl adjacent to an activating group) is 1. The highest BCUT2D eigenvalue weighted by molar-refractivity contribution is 5.50. The fourth-order valence-electron chi connectivity index (χ4n) is 1.52. The van der Waals surface area contributed by atoms with Crippen molar-refractivity contribution in [1.82, 2.24) is 10.2 Å². The zero-order chi connectivity index (χ0) is 14.1. The van der Waals surface area contributed by atoms with E-state index in [1.165, 1.54) is 5.56 Å². The molecule has 0 saturated carbocycles. The molecule has 1 rings (SSSR count). The number of hydrogen-bond acceptors (Lipinski definition) is 3. The Morgan fingerprint density at radius 1 is 1.21 bits per heavy atom. The molecular weight excluding hydrogens is 236 g/mol. The van der Waals surface area contributed by atoms with Gasteiger partial charge in [-0.1, -0.05) is 38.1 Å². The average Bonchev–Trinajstić information content (AvgIpc) is 2.36. The predicted molar refractivity (Wildman–Crippen MR) is 82.7 cm³/mol. The van der Waals surface area contributed by atoms with E-state index in [1.54, 1.807) is 0 Å². The Hall–Kier alpha value is -1.32. The lowest BCUT2D eigenvalue weighted by molar-refractivity contribution is 0.261. The topological polar surface area (TPSA) is 24.5 Å². The monoisotopic (exact) mass is 262 g/mol. The van der Waals surface area contributed by atoms with Crippen LogP contribution < -0.4 is 10.1 Å². The summed E-state index contributed by atoms with van der Waals surface area (Å²) in [4.78, 5) is 2.11. The van der Waals surface area contributed by atoms with E-state index in [-0.39, 0.29) is 0 Å². The van der Waals surface area contributed by atoms with Crippen molar-refractivity contribution in [3.8, 4) is 5.75 Å². The largest absolute Gasteiger partial charge is 0.492 e. The molecule has 19 heavy (non-hydrogen) atoms. The van der Waals surface area contributed by atoms with Crippen molar-refractivity contribution in [1.29, 1.82) is 0 Å². The van der Waals surface area contributed by atoms with Gasteiger partial charge in [-0.15, -0.1) is 0 Å². The standard InChI is InChI=1S/C16H26N2O/c1-14(2)17-11-5-6-15-7-9-16(10-8-15)19-13-12-18(3)4/h5-10,14,17H,11-13H2,1-4H3. The van der Waals surface area contributed by atoms with E-state index in [0.29, 0.717) is 6.04 Å². The third-order valence-corrected chi connectivity index (χ3v) is 2.64. The van der Waals surface area contributed by atoms with Crippen LogP contribution in [0.25, 0.3) is 6.08 Å². The molecule has 3 heteroatoms. The molecule has 0 aliphatic carbocycles. The van der Waals surface area contributed by atoms with Gasteiger partial charge in [0.15, 0.2) is 0 Å². The van der Waals surface area contributed by atoms with Crippen LogP contribution in [0.1, 0.15) is 19.4 Å². The Morgan fingerprint density at radius 3 is 2.47 bits per heavy atom. The minimum absolute atomic E-state index is 0.525. The van der Waals surface area contributed by atoms with Gasteiger partial charge < -0.3 is 15.0 Å². The Bertz CT molecular complexity index is 369. The molecule has 1 N–H and O–H groups in total. The minimum atomic E-state index is 0.525. The number of rotatable bonds is 8. The quantitative estimate of drug-likeness (QED) is 0.779. The van der Waals surface area contributed by atoms with E-state index < -0.39 is 0 Å². The normalized spacial score (nSPS) is 11.7. The van der Waals surface area contributed by atoms with E-state index in [0.717, 1.165) is 25.4 Å². The summed E-state index contributed by atoms with van der Waals surface area (Å²) in [6, 6.07) is 8.72. The minimum Gasteiger partial charge on any atom is -0.492 e. The zero-order valence-electron chi connectivity index (χ0n) is 12.5. The first-order valence-corrected chi connectivity index (χ1v) is 6.85. The first kappa shape index (κ1) is 15.7.